The van der Waals surface area contributed by atoms with Crippen LogP contribution in [0.2, 0.25) is 0 Å². The highest BCUT2D eigenvalue weighted by atomic mass is 79.9. The van der Waals surface area contributed by atoms with Gasteiger partial charge in [-0.15, -0.1) is 11.6 Å². The van der Waals surface area contributed by atoms with Crippen LogP contribution in [0, 0.1) is 5.82 Å². The molecule has 0 fully saturated rings. The monoisotopic (exact) mass is 250 g/mol. The summed E-state index contributed by atoms with van der Waals surface area (Å²) < 4.78 is 13.8. The van der Waals surface area contributed by atoms with Gasteiger partial charge >= 0.3 is 0 Å². The minimum atomic E-state index is -0.164. The number of alkyl halides is 1. The van der Waals surface area contributed by atoms with Crippen LogP contribution in [0.25, 0.3) is 0 Å². The first-order chi connectivity index (χ1) is 5.75. The molecule has 0 atom stereocenters. The Labute approximate surface area is 84.9 Å². The lowest BCUT2D eigenvalue weighted by atomic mass is 10.1. The van der Waals surface area contributed by atoms with Crippen molar-refractivity contribution in [2.75, 3.05) is 5.88 Å². The molecule has 1 rings (SSSR count). The van der Waals surface area contributed by atoms with E-state index in [2.05, 4.69) is 15.9 Å². The first-order valence-electron chi connectivity index (χ1n) is 3.74. The van der Waals surface area contributed by atoms with E-state index in [1.807, 2.05) is 6.07 Å². The average molecular weight is 252 g/mol. The summed E-state index contributed by atoms with van der Waals surface area (Å²) in [5.41, 5.74) is 0.727. The molecule has 0 N–H and O–H groups in total. The van der Waals surface area contributed by atoms with Gasteiger partial charge in [-0.3, -0.25) is 0 Å². The lowest BCUT2D eigenvalue weighted by Gasteiger charge is -2.02. The van der Waals surface area contributed by atoms with Crippen molar-refractivity contribution in [2.45, 2.75) is 12.8 Å². The van der Waals surface area contributed by atoms with Crippen LogP contribution in [0.15, 0.2) is 22.7 Å². The fourth-order valence-electron chi connectivity index (χ4n) is 0.999. The van der Waals surface area contributed by atoms with Gasteiger partial charge < -0.3 is 0 Å². The molecule has 0 aliphatic heterocycles. The Bertz CT molecular complexity index is 263. The highest BCUT2D eigenvalue weighted by molar-refractivity contribution is 9.10. The summed E-state index contributed by atoms with van der Waals surface area (Å²) in [5, 5.41) is 0. The molecule has 0 nitrogen and oxygen atoms in total. The van der Waals surface area contributed by atoms with Crippen molar-refractivity contribution in [1.29, 1.82) is 0 Å². The summed E-state index contributed by atoms with van der Waals surface area (Å²) >= 11 is 8.64. The van der Waals surface area contributed by atoms with E-state index < -0.39 is 0 Å². The van der Waals surface area contributed by atoms with Crippen LogP contribution in [0.3, 0.4) is 0 Å². The Kier molecular flexibility index (Phi) is 4.02. The zero-order chi connectivity index (χ0) is 8.97. The van der Waals surface area contributed by atoms with Crippen LogP contribution in [0.1, 0.15) is 12.0 Å². The van der Waals surface area contributed by atoms with Gasteiger partial charge in [0.1, 0.15) is 5.82 Å². The van der Waals surface area contributed by atoms with Crippen molar-refractivity contribution in [3.63, 3.8) is 0 Å². The van der Waals surface area contributed by atoms with Crippen molar-refractivity contribution >= 4 is 27.5 Å². The second-order valence-electron chi connectivity index (χ2n) is 2.51. The molecule has 0 aromatic heterocycles. The SMILES string of the molecule is Fc1c(Br)cccc1CCCCl. The summed E-state index contributed by atoms with van der Waals surface area (Å²) in [4.78, 5) is 0. The van der Waals surface area contributed by atoms with Crippen molar-refractivity contribution in [1.82, 2.24) is 0 Å². The van der Waals surface area contributed by atoms with Gasteiger partial charge in [0.15, 0.2) is 0 Å². The number of rotatable bonds is 3. The van der Waals surface area contributed by atoms with Crippen LogP contribution in [-0.4, -0.2) is 5.88 Å². The predicted octanol–water partition coefficient (Wildman–Crippen LogP) is 3.76. The molecule has 0 saturated carbocycles. The fourth-order valence-corrected chi connectivity index (χ4v) is 1.54. The maximum atomic E-state index is 13.2. The van der Waals surface area contributed by atoms with Crippen molar-refractivity contribution in [3.8, 4) is 0 Å². The predicted molar refractivity (Wildman–Crippen MR) is 53.1 cm³/mol. The average Bonchev–Trinajstić information content (AvgIpc) is 2.08. The molecule has 0 heterocycles. The minimum absolute atomic E-state index is 0.164. The number of benzene rings is 1. The lowest BCUT2D eigenvalue weighted by Crippen LogP contribution is -1.91. The van der Waals surface area contributed by atoms with Crippen LogP contribution < -0.4 is 0 Å². The molecule has 12 heavy (non-hydrogen) atoms. The Morgan fingerprint density at radius 1 is 1.42 bits per heavy atom. The summed E-state index contributed by atoms with van der Waals surface area (Å²) in [6.45, 7) is 0. The highest BCUT2D eigenvalue weighted by Gasteiger charge is 2.04. The smallest absolute Gasteiger partial charge is 0.140 e. The molecule has 0 amide bonds. The number of aryl methyl sites for hydroxylation is 1. The van der Waals surface area contributed by atoms with Crippen LogP contribution >= 0.6 is 27.5 Å². The van der Waals surface area contributed by atoms with Crippen LogP contribution in [0.5, 0.6) is 0 Å². The van der Waals surface area contributed by atoms with Gasteiger partial charge in [-0.25, -0.2) is 4.39 Å². The van der Waals surface area contributed by atoms with Crippen molar-refractivity contribution in [2.24, 2.45) is 0 Å². The van der Waals surface area contributed by atoms with Crippen LogP contribution in [0.4, 0.5) is 4.39 Å². The van der Waals surface area contributed by atoms with E-state index in [1.54, 1.807) is 12.1 Å². The number of halogens is 3. The molecule has 0 unspecified atom stereocenters. The fraction of sp³-hybridized carbons (Fsp3) is 0.333. The number of hydrogen-bond donors (Lipinski definition) is 0. The first-order valence-corrected chi connectivity index (χ1v) is 5.07. The van der Waals surface area contributed by atoms with Crippen molar-refractivity contribution < 1.29 is 4.39 Å². The number of hydrogen-bond acceptors (Lipinski definition) is 0. The Hall–Kier alpha value is -0.0800. The van der Waals surface area contributed by atoms with E-state index in [0.717, 1.165) is 12.0 Å². The van der Waals surface area contributed by atoms with E-state index in [9.17, 15) is 4.39 Å². The second-order valence-corrected chi connectivity index (χ2v) is 3.74. The third-order valence-corrected chi connectivity index (χ3v) is 2.49. The Balaban J connectivity index is 2.78. The van der Waals surface area contributed by atoms with Crippen LogP contribution in [-0.2, 0) is 6.42 Å². The van der Waals surface area contributed by atoms with Gasteiger partial charge in [0.25, 0.3) is 0 Å². The second kappa shape index (κ2) is 4.83. The molecule has 0 radical (unpaired) electrons. The maximum absolute atomic E-state index is 13.2. The summed E-state index contributed by atoms with van der Waals surface area (Å²) in [7, 11) is 0. The standard InChI is InChI=1S/C9H9BrClF/c10-8-5-1-3-7(9(8)12)4-2-6-11/h1,3,5H,2,4,6H2. The summed E-state index contributed by atoms with van der Waals surface area (Å²) in [6.07, 6.45) is 1.52. The van der Waals surface area contributed by atoms with Gasteiger partial charge in [-0.1, -0.05) is 12.1 Å². The summed E-state index contributed by atoms with van der Waals surface area (Å²) in [6, 6.07) is 5.31. The van der Waals surface area contributed by atoms with Gasteiger partial charge in [0.05, 0.1) is 4.47 Å². The molecule has 0 aliphatic carbocycles. The molecular weight excluding hydrogens is 242 g/mol. The molecule has 0 saturated heterocycles. The molecule has 1 aromatic carbocycles. The quantitative estimate of drug-likeness (QED) is 0.718. The van der Waals surface area contributed by atoms with Gasteiger partial charge in [-0.2, -0.15) is 0 Å². The van der Waals surface area contributed by atoms with E-state index >= 15 is 0 Å². The van der Waals surface area contributed by atoms with E-state index in [-0.39, 0.29) is 5.82 Å². The van der Waals surface area contributed by atoms with Crippen molar-refractivity contribution in [3.05, 3.63) is 34.1 Å². The molecule has 66 valence electrons. The molecule has 3 heteroatoms. The largest absolute Gasteiger partial charge is 0.205 e. The Morgan fingerprint density at radius 2 is 2.17 bits per heavy atom. The molecule has 1 aromatic rings. The zero-order valence-electron chi connectivity index (χ0n) is 6.49. The minimum Gasteiger partial charge on any atom is -0.205 e. The Morgan fingerprint density at radius 3 is 2.83 bits per heavy atom. The molecule has 0 aliphatic rings. The third-order valence-electron chi connectivity index (χ3n) is 1.61. The zero-order valence-corrected chi connectivity index (χ0v) is 8.83. The molecular formula is C9H9BrClF. The topological polar surface area (TPSA) is 0 Å². The lowest BCUT2D eigenvalue weighted by molar-refractivity contribution is 0.601. The van der Waals surface area contributed by atoms with E-state index in [1.165, 1.54) is 0 Å². The highest BCUT2D eigenvalue weighted by Crippen LogP contribution is 2.19. The normalized spacial score (nSPS) is 10.2. The first kappa shape index (κ1) is 10.0. The van der Waals surface area contributed by atoms with Gasteiger partial charge in [-0.05, 0) is 40.4 Å². The third kappa shape index (κ3) is 2.46. The summed E-state index contributed by atoms with van der Waals surface area (Å²) in [5.74, 6) is 0.411. The van der Waals surface area contributed by atoms with E-state index in [0.29, 0.717) is 16.8 Å². The van der Waals surface area contributed by atoms with E-state index in [4.69, 9.17) is 11.6 Å². The van der Waals surface area contributed by atoms with Gasteiger partial charge in [0, 0.05) is 5.88 Å². The van der Waals surface area contributed by atoms with Gasteiger partial charge in [0.2, 0.25) is 0 Å². The maximum Gasteiger partial charge on any atom is 0.140 e. The molecule has 0 bridgehead atoms. The molecule has 0 spiro atoms.